The molecular weight excluding hydrogens is 206 g/mol. The predicted molar refractivity (Wildman–Crippen MR) is 63.0 cm³/mol. The molecule has 1 atom stereocenters. The van der Waals surface area contributed by atoms with Crippen molar-refractivity contribution < 1.29 is 14.7 Å². The molecule has 0 fully saturated rings. The van der Waals surface area contributed by atoms with E-state index < -0.39 is 23.3 Å². The number of carboxylic acid groups (broad SMARTS) is 1. The molecule has 4 nitrogen and oxygen atoms in total. The molecule has 0 bridgehead atoms. The Labute approximate surface area is 96.0 Å². The van der Waals surface area contributed by atoms with Gasteiger partial charge in [0.1, 0.15) is 6.04 Å². The molecule has 90 valence electrons. The summed E-state index contributed by atoms with van der Waals surface area (Å²) in [7, 11) is 0. The van der Waals surface area contributed by atoms with Crippen molar-refractivity contribution in [1.29, 1.82) is 0 Å². The van der Waals surface area contributed by atoms with E-state index in [2.05, 4.69) is 5.32 Å². The minimum absolute atomic E-state index is 0.402. The smallest absolute Gasteiger partial charge is 0.326 e. The molecular formula is C12H19NO3. The average Bonchev–Trinajstić information content (AvgIpc) is 2.12. The Morgan fingerprint density at radius 2 is 1.81 bits per heavy atom. The first-order valence-electron chi connectivity index (χ1n) is 5.11. The lowest BCUT2D eigenvalue weighted by molar-refractivity contribution is -0.144. The zero-order valence-electron chi connectivity index (χ0n) is 10.2. The van der Waals surface area contributed by atoms with Crippen LogP contribution in [0.5, 0.6) is 0 Å². The lowest BCUT2D eigenvalue weighted by atomic mass is 9.87. The Balaban J connectivity index is 4.54. The van der Waals surface area contributed by atoms with Gasteiger partial charge in [-0.2, -0.15) is 0 Å². The Bertz CT molecular complexity index is 311. The molecule has 0 rings (SSSR count). The van der Waals surface area contributed by atoms with Crippen molar-refractivity contribution >= 4 is 11.9 Å². The van der Waals surface area contributed by atoms with E-state index in [0.29, 0.717) is 0 Å². The first-order chi connectivity index (χ1) is 7.29. The van der Waals surface area contributed by atoms with Gasteiger partial charge in [-0.1, -0.05) is 39.0 Å². The number of carbonyl (C=O) groups excluding carboxylic acids is 1. The maximum absolute atomic E-state index is 11.4. The number of nitrogens with one attached hydrogen (secondary N) is 1. The number of rotatable bonds is 4. The summed E-state index contributed by atoms with van der Waals surface area (Å²) in [4.78, 5) is 22.3. The second kappa shape index (κ2) is 6.10. The lowest BCUT2D eigenvalue weighted by Gasteiger charge is -2.27. The maximum atomic E-state index is 11.4. The third kappa shape index (κ3) is 5.34. The number of carboxylic acids is 1. The van der Waals surface area contributed by atoms with Crippen LogP contribution in [0.4, 0.5) is 0 Å². The van der Waals surface area contributed by atoms with E-state index >= 15 is 0 Å². The van der Waals surface area contributed by atoms with Crippen LogP contribution in [0.1, 0.15) is 27.7 Å². The van der Waals surface area contributed by atoms with Crippen molar-refractivity contribution in [2.45, 2.75) is 33.7 Å². The fourth-order valence-electron chi connectivity index (χ4n) is 1.09. The van der Waals surface area contributed by atoms with Gasteiger partial charge in [-0.3, -0.25) is 4.79 Å². The molecule has 0 aromatic carbocycles. The van der Waals surface area contributed by atoms with Gasteiger partial charge in [0.15, 0.2) is 0 Å². The molecule has 2 N–H and O–H groups in total. The number of carbonyl (C=O) groups is 2. The fourth-order valence-corrected chi connectivity index (χ4v) is 1.09. The summed E-state index contributed by atoms with van der Waals surface area (Å²) in [6.45, 7) is 7.13. The van der Waals surface area contributed by atoms with Gasteiger partial charge in [0.05, 0.1) is 0 Å². The molecule has 0 aliphatic heterocycles. The van der Waals surface area contributed by atoms with Crippen molar-refractivity contribution in [3.8, 4) is 0 Å². The zero-order valence-corrected chi connectivity index (χ0v) is 10.2. The summed E-state index contributed by atoms with van der Waals surface area (Å²) >= 11 is 0. The van der Waals surface area contributed by atoms with Crippen molar-refractivity contribution in [2.24, 2.45) is 5.41 Å². The SMILES string of the molecule is C/C=C/C=C/C(=O)N[C@H](C(=O)O)C(C)(C)C. The Kier molecular flexibility index (Phi) is 5.50. The van der Waals surface area contributed by atoms with Crippen molar-refractivity contribution in [3.63, 3.8) is 0 Å². The van der Waals surface area contributed by atoms with Gasteiger partial charge in [0.2, 0.25) is 5.91 Å². The molecule has 0 aliphatic carbocycles. The Morgan fingerprint density at radius 3 is 2.19 bits per heavy atom. The molecule has 0 saturated heterocycles. The highest BCUT2D eigenvalue weighted by atomic mass is 16.4. The summed E-state index contributed by atoms with van der Waals surface area (Å²) in [5.41, 5.74) is -0.518. The average molecular weight is 225 g/mol. The molecule has 0 aromatic heterocycles. The number of aliphatic carboxylic acids is 1. The van der Waals surface area contributed by atoms with Crippen molar-refractivity contribution in [1.82, 2.24) is 5.32 Å². The lowest BCUT2D eigenvalue weighted by Crippen LogP contribution is -2.48. The summed E-state index contributed by atoms with van der Waals surface area (Å²) in [6, 6.07) is -0.893. The zero-order chi connectivity index (χ0) is 12.8. The second-order valence-electron chi connectivity index (χ2n) is 4.53. The Morgan fingerprint density at radius 1 is 1.25 bits per heavy atom. The summed E-state index contributed by atoms with van der Waals surface area (Å²) < 4.78 is 0. The first kappa shape index (κ1) is 14.4. The normalized spacial score (nSPS) is 14.2. The topological polar surface area (TPSA) is 66.4 Å². The highest BCUT2D eigenvalue weighted by molar-refractivity contribution is 5.91. The van der Waals surface area contributed by atoms with Crippen LogP contribution in [0.2, 0.25) is 0 Å². The van der Waals surface area contributed by atoms with Crippen molar-refractivity contribution in [3.05, 3.63) is 24.3 Å². The van der Waals surface area contributed by atoms with E-state index in [1.165, 1.54) is 6.08 Å². The molecule has 0 radical (unpaired) electrons. The van der Waals surface area contributed by atoms with E-state index in [1.807, 2.05) is 6.92 Å². The minimum Gasteiger partial charge on any atom is -0.480 e. The molecule has 0 unspecified atom stereocenters. The number of hydrogen-bond donors (Lipinski definition) is 2. The van der Waals surface area contributed by atoms with E-state index in [0.717, 1.165) is 0 Å². The fraction of sp³-hybridized carbons (Fsp3) is 0.500. The predicted octanol–water partition coefficient (Wildman–Crippen LogP) is 1.73. The van der Waals surface area contributed by atoms with Crippen LogP contribution in [-0.4, -0.2) is 23.0 Å². The summed E-state index contributed by atoms with van der Waals surface area (Å²) in [6.07, 6.45) is 6.35. The Hall–Kier alpha value is -1.58. The molecule has 0 aliphatic rings. The minimum atomic E-state index is -1.03. The van der Waals surface area contributed by atoms with Crippen LogP contribution in [0.15, 0.2) is 24.3 Å². The molecule has 1 amide bonds. The van der Waals surface area contributed by atoms with Crippen LogP contribution in [-0.2, 0) is 9.59 Å². The van der Waals surface area contributed by atoms with E-state index in [-0.39, 0.29) is 0 Å². The summed E-state index contributed by atoms with van der Waals surface area (Å²) in [5, 5.41) is 11.4. The molecule has 0 aromatic rings. The van der Waals surface area contributed by atoms with Gasteiger partial charge in [-0.05, 0) is 12.3 Å². The second-order valence-corrected chi connectivity index (χ2v) is 4.53. The standard InChI is InChI=1S/C12H19NO3/c1-5-6-7-8-9(14)13-10(11(15)16)12(2,3)4/h5-8,10H,1-4H3,(H,13,14)(H,15,16)/b6-5+,8-7+/t10-/m1/s1. The monoisotopic (exact) mass is 225 g/mol. The third-order valence-corrected chi connectivity index (χ3v) is 1.95. The van der Waals surface area contributed by atoms with Crippen LogP contribution in [0.25, 0.3) is 0 Å². The molecule has 0 spiro atoms. The number of hydrogen-bond acceptors (Lipinski definition) is 2. The van der Waals surface area contributed by atoms with Gasteiger partial charge in [0, 0.05) is 6.08 Å². The molecule has 0 saturated carbocycles. The van der Waals surface area contributed by atoms with Crippen LogP contribution in [0.3, 0.4) is 0 Å². The third-order valence-electron chi connectivity index (χ3n) is 1.95. The number of amides is 1. The number of allylic oxidation sites excluding steroid dienone is 3. The van der Waals surface area contributed by atoms with Crippen molar-refractivity contribution in [2.75, 3.05) is 0 Å². The van der Waals surface area contributed by atoms with Gasteiger partial charge in [0.25, 0.3) is 0 Å². The summed E-state index contributed by atoms with van der Waals surface area (Å²) in [5.74, 6) is -1.43. The highest BCUT2D eigenvalue weighted by Crippen LogP contribution is 2.19. The molecule has 0 heterocycles. The van der Waals surface area contributed by atoms with E-state index in [9.17, 15) is 9.59 Å². The van der Waals surface area contributed by atoms with Gasteiger partial charge >= 0.3 is 5.97 Å². The molecule has 4 heteroatoms. The molecule has 16 heavy (non-hydrogen) atoms. The van der Waals surface area contributed by atoms with Crippen LogP contribution >= 0.6 is 0 Å². The largest absolute Gasteiger partial charge is 0.480 e. The quantitative estimate of drug-likeness (QED) is 0.565. The van der Waals surface area contributed by atoms with Gasteiger partial charge < -0.3 is 10.4 Å². The van der Waals surface area contributed by atoms with Crippen LogP contribution < -0.4 is 5.32 Å². The maximum Gasteiger partial charge on any atom is 0.326 e. The highest BCUT2D eigenvalue weighted by Gasteiger charge is 2.31. The van der Waals surface area contributed by atoms with E-state index in [4.69, 9.17) is 5.11 Å². The van der Waals surface area contributed by atoms with Gasteiger partial charge in [-0.15, -0.1) is 0 Å². The van der Waals surface area contributed by atoms with E-state index in [1.54, 1.807) is 39.0 Å². The van der Waals surface area contributed by atoms with Crippen LogP contribution in [0, 0.1) is 5.41 Å². The van der Waals surface area contributed by atoms with Gasteiger partial charge in [-0.25, -0.2) is 4.79 Å². The first-order valence-corrected chi connectivity index (χ1v) is 5.11.